The Labute approximate surface area is 323 Å². The molecule has 55 heavy (non-hydrogen) atoms. The molecule has 0 spiro atoms. The van der Waals surface area contributed by atoms with Crippen molar-refractivity contribution in [1.29, 1.82) is 0 Å². The van der Waals surface area contributed by atoms with Crippen molar-refractivity contribution < 1.29 is 33.4 Å². The van der Waals surface area contributed by atoms with Crippen molar-refractivity contribution in [2.45, 2.75) is 97.3 Å². The quantitative estimate of drug-likeness (QED) is 0.165. The second-order valence-electron chi connectivity index (χ2n) is 15.1. The van der Waals surface area contributed by atoms with E-state index in [1.165, 1.54) is 19.2 Å². The maximum atomic E-state index is 13.6. The fourth-order valence-electron chi connectivity index (χ4n) is 7.56. The number of nitrogens with zero attached hydrogens (tertiary/aromatic N) is 3. The molecule has 5 atom stereocenters. The summed E-state index contributed by atoms with van der Waals surface area (Å²) in [5.41, 5.74) is 7.28. The molecule has 5 amide bonds. The number of alkyl carbamates (subject to hydrolysis) is 1. The minimum Gasteiger partial charge on any atom is -0.453 e. The van der Waals surface area contributed by atoms with E-state index in [2.05, 4.69) is 26.0 Å². The average Bonchev–Trinajstić information content (AvgIpc) is 3.89. The van der Waals surface area contributed by atoms with Crippen LogP contribution in [0.15, 0.2) is 54.7 Å². The lowest BCUT2D eigenvalue weighted by atomic mass is 9.77. The van der Waals surface area contributed by atoms with Gasteiger partial charge in [-0.1, -0.05) is 75.2 Å². The molecule has 14 nitrogen and oxygen atoms in total. The topological polar surface area (TPSA) is 175 Å². The molecule has 2 aliphatic rings. The average molecular weight is 758 g/mol. The Hall–Kier alpha value is -5.40. The lowest BCUT2D eigenvalue weighted by Gasteiger charge is -2.35. The summed E-state index contributed by atoms with van der Waals surface area (Å²) in [7, 11) is 2.53. The van der Waals surface area contributed by atoms with Crippen LogP contribution in [0.25, 0.3) is 22.4 Å². The van der Waals surface area contributed by atoms with Crippen molar-refractivity contribution in [2.24, 2.45) is 17.8 Å². The standard InChI is InChI=1S/C41H55N7O7/c1-24(2)35(45-40(52)54-6)39(51)47-22-10-13-34(47)36-42-23-33(44-36)30-20-18-29(19-21-30)28-16-14-27(15-17-28)26(5)43-37(49)31-11-8-9-12-32(31)38(50)48(25(3)4)46-41(53)55-7/h14-21,23-26,31-32,34-35H,8-13,22H2,1-7H3,(H,42,44)(H,43,49)(H,45,52)(H,46,53)/t26-,31+,32-,34+,35+/m1/s1. The summed E-state index contributed by atoms with van der Waals surface area (Å²) in [6.07, 6.45) is 4.90. The van der Waals surface area contributed by atoms with Gasteiger partial charge in [0.15, 0.2) is 0 Å². The molecule has 2 heterocycles. The first kappa shape index (κ1) is 40.8. The molecule has 3 aromatic rings. The largest absolute Gasteiger partial charge is 0.453 e. The van der Waals surface area contributed by atoms with E-state index >= 15 is 0 Å². The molecule has 296 valence electrons. The maximum absolute atomic E-state index is 13.6. The minimum absolute atomic E-state index is 0.113. The molecule has 1 aliphatic carbocycles. The number of amides is 5. The van der Waals surface area contributed by atoms with Crippen LogP contribution in [0.1, 0.15) is 96.6 Å². The van der Waals surface area contributed by atoms with E-state index in [1.807, 2.05) is 69.3 Å². The van der Waals surface area contributed by atoms with Gasteiger partial charge in [0, 0.05) is 18.5 Å². The van der Waals surface area contributed by atoms with Crippen molar-refractivity contribution >= 4 is 29.9 Å². The van der Waals surface area contributed by atoms with Gasteiger partial charge < -0.3 is 30.0 Å². The van der Waals surface area contributed by atoms with Gasteiger partial charge in [-0.15, -0.1) is 0 Å². The summed E-state index contributed by atoms with van der Waals surface area (Å²) in [6.45, 7) is 9.90. The van der Waals surface area contributed by atoms with Gasteiger partial charge in [0.1, 0.15) is 11.9 Å². The highest BCUT2D eigenvalue weighted by molar-refractivity contribution is 5.89. The maximum Gasteiger partial charge on any atom is 0.425 e. The van der Waals surface area contributed by atoms with Crippen LogP contribution in [-0.4, -0.2) is 82.6 Å². The number of rotatable bonds is 11. The van der Waals surface area contributed by atoms with Crippen LogP contribution in [0.5, 0.6) is 0 Å². The molecule has 1 aromatic heterocycles. The van der Waals surface area contributed by atoms with E-state index in [1.54, 1.807) is 24.9 Å². The molecule has 1 saturated carbocycles. The summed E-state index contributed by atoms with van der Waals surface area (Å²) in [4.78, 5) is 74.4. The van der Waals surface area contributed by atoms with E-state index in [-0.39, 0.29) is 41.8 Å². The van der Waals surface area contributed by atoms with Gasteiger partial charge in [-0.3, -0.25) is 14.4 Å². The van der Waals surface area contributed by atoms with Crippen molar-refractivity contribution in [2.75, 3.05) is 20.8 Å². The van der Waals surface area contributed by atoms with Crippen molar-refractivity contribution in [1.82, 2.24) is 35.9 Å². The summed E-state index contributed by atoms with van der Waals surface area (Å²) in [6, 6.07) is 14.7. The first-order valence-electron chi connectivity index (χ1n) is 19.2. The smallest absolute Gasteiger partial charge is 0.425 e. The van der Waals surface area contributed by atoms with Gasteiger partial charge in [0.05, 0.1) is 44.1 Å². The Balaban J connectivity index is 1.21. The Morgan fingerprint density at radius 3 is 1.98 bits per heavy atom. The Kier molecular flexibility index (Phi) is 13.6. The number of benzene rings is 2. The molecule has 1 aliphatic heterocycles. The second kappa shape index (κ2) is 18.3. The minimum atomic E-state index is -0.727. The molecule has 0 radical (unpaired) electrons. The van der Waals surface area contributed by atoms with Crippen LogP contribution in [0.2, 0.25) is 0 Å². The molecule has 0 bridgehead atoms. The van der Waals surface area contributed by atoms with Crippen LogP contribution in [0.4, 0.5) is 9.59 Å². The SMILES string of the molecule is COC(=O)N[C@H](C(=O)N1CCC[C@H]1c1ncc(-c2ccc(-c3ccc([C@@H](C)NC(=O)[C@H]4CCCC[C@H]4C(=O)N(NC(=O)OC)C(C)C)cc3)cc2)[nH]1)C(C)C. The number of likely N-dealkylation sites (tertiary alicyclic amines) is 1. The molecule has 4 N–H and O–H groups in total. The Morgan fingerprint density at radius 2 is 1.38 bits per heavy atom. The van der Waals surface area contributed by atoms with Crippen molar-refractivity contribution in [3.63, 3.8) is 0 Å². The van der Waals surface area contributed by atoms with E-state index in [4.69, 9.17) is 9.47 Å². The number of imidazole rings is 1. The summed E-state index contributed by atoms with van der Waals surface area (Å²) in [5, 5.41) is 7.09. The van der Waals surface area contributed by atoms with Crippen LogP contribution in [0, 0.1) is 17.8 Å². The van der Waals surface area contributed by atoms with Gasteiger partial charge in [0.25, 0.3) is 0 Å². The van der Waals surface area contributed by atoms with E-state index in [0.717, 1.165) is 53.6 Å². The molecular weight excluding hydrogens is 702 g/mol. The number of H-pyrrole nitrogens is 1. The Bertz CT molecular complexity index is 1810. The lowest BCUT2D eigenvalue weighted by molar-refractivity contribution is -0.147. The number of aromatic amines is 1. The zero-order valence-corrected chi connectivity index (χ0v) is 32.9. The molecule has 1 saturated heterocycles. The van der Waals surface area contributed by atoms with Crippen LogP contribution >= 0.6 is 0 Å². The van der Waals surface area contributed by atoms with Crippen molar-refractivity contribution in [3.05, 3.63) is 66.1 Å². The van der Waals surface area contributed by atoms with Crippen LogP contribution in [0.3, 0.4) is 0 Å². The molecule has 2 fully saturated rings. The van der Waals surface area contributed by atoms with E-state index < -0.39 is 30.1 Å². The highest BCUT2D eigenvalue weighted by atomic mass is 16.5. The lowest BCUT2D eigenvalue weighted by Crippen LogP contribution is -2.54. The first-order chi connectivity index (χ1) is 26.3. The van der Waals surface area contributed by atoms with Crippen LogP contribution in [-0.2, 0) is 23.9 Å². The number of carbonyl (C=O) groups is 5. The summed E-state index contributed by atoms with van der Waals surface area (Å²) in [5.74, 6) is -1.05. The number of carbonyl (C=O) groups excluding carboxylic acids is 5. The zero-order chi connectivity index (χ0) is 39.8. The van der Waals surface area contributed by atoms with Gasteiger partial charge >= 0.3 is 12.2 Å². The normalized spacial score (nSPS) is 19.4. The number of hydrogen-bond donors (Lipinski definition) is 4. The fourth-order valence-corrected chi connectivity index (χ4v) is 7.56. The molecule has 0 unspecified atom stereocenters. The van der Waals surface area contributed by atoms with Gasteiger partial charge in [-0.05, 0) is 74.6 Å². The van der Waals surface area contributed by atoms with Gasteiger partial charge in [-0.25, -0.2) is 25.0 Å². The monoisotopic (exact) mass is 757 g/mol. The van der Waals surface area contributed by atoms with Gasteiger partial charge in [-0.2, -0.15) is 0 Å². The number of aromatic nitrogens is 2. The number of nitrogens with one attached hydrogen (secondary N) is 4. The number of methoxy groups -OCH3 is 2. The Morgan fingerprint density at radius 1 is 0.782 bits per heavy atom. The molecule has 14 heteroatoms. The molecule has 5 rings (SSSR count). The number of hydrazine groups is 1. The van der Waals surface area contributed by atoms with Crippen LogP contribution < -0.4 is 16.1 Å². The molecule has 2 aromatic carbocycles. The zero-order valence-electron chi connectivity index (χ0n) is 32.9. The summed E-state index contributed by atoms with van der Waals surface area (Å²) >= 11 is 0. The van der Waals surface area contributed by atoms with E-state index in [9.17, 15) is 24.0 Å². The van der Waals surface area contributed by atoms with Crippen molar-refractivity contribution in [3.8, 4) is 22.4 Å². The highest BCUT2D eigenvalue weighted by Crippen LogP contribution is 2.35. The third kappa shape index (κ3) is 9.65. The first-order valence-corrected chi connectivity index (χ1v) is 19.2. The number of ether oxygens (including phenoxy) is 2. The van der Waals surface area contributed by atoms with E-state index in [0.29, 0.717) is 25.2 Å². The number of hydrogen-bond acceptors (Lipinski definition) is 8. The summed E-state index contributed by atoms with van der Waals surface area (Å²) < 4.78 is 9.45. The van der Waals surface area contributed by atoms with Gasteiger partial charge in [0.2, 0.25) is 17.7 Å². The highest BCUT2D eigenvalue weighted by Gasteiger charge is 2.40. The molecular formula is C41H55N7O7. The third-order valence-electron chi connectivity index (χ3n) is 10.7. The predicted molar refractivity (Wildman–Crippen MR) is 207 cm³/mol. The third-order valence-corrected chi connectivity index (χ3v) is 10.7. The fraction of sp³-hybridized carbons (Fsp3) is 0.512. The predicted octanol–water partition coefficient (Wildman–Crippen LogP) is 6.28. The second-order valence-corrected chi connectivity index (χ2v) is 15.1.